The van der Waals surface area contributed by atoms with E-state index in [4.69, 9.17) is 5.73 Å². The number of hydrogen-bond acceptors (Lipinski definition) is 3. The molecule has 0 amide bonds. The van der Waals surface area contributed by atoms with Crippen molar-refractivity contribution in [1.29, 1.82) is 0 Å². The van der Waals surface area contributed by atoms with E-state index in [1.54, 1.807) is 0 Å². The van der Waals surface area contributed by atoms with Gasteiger partial charge >= 0.3 is 0 Å². The molecule has 1 heterocycles. The van der Waals surface area contributed by atoms with Gasteiger partial charge in [-0.25, -0.2) is 0 Å². The van der Waals surface area contributed by atoms with Gasteiger partial charge in [0.2, 0.25) is 0 Å². The van der Waals surface area contributed by atoms with Crippen LogP contribution in [-0.4, -0.2) is 21.9 Å². The van der Waals surface area contributed by atoms with Crippen molar-refractivity contribution in [2.75, 3.05) is 0 Å². The third kappa shape index (κ3) is 2.79. The Morgan fingerprint density at radius 3 is 3.13 bits per heavy atom. The fraction of sp³-hybridized carbons (Fsp3) is 0.727. The van der Waals surface area contributed by atoms with Crippen molar-refractivity contribution in [1.82, 2.24) is 15.1 Å². The van der Waals surface area contributed by atoms with Gasteiger partial charge in [-0.2, -0.15) is 5.10 Å². The Balaban J connectivity index is 1.80. The molecule has 3 N–H and O–H groups in total. The van der Waals surface area contributed by atoms with Gasteiger partial charge in [0.1, 0.15) is 0 Å². The zero-order chi connectivity index (χ0) is 10.7. The molecule has 0 bridgehead atoms. The van der Waals surface area contributed by atoms with Crippen molar-refractivity contribution in [2.45, 2.75) is 44.3 Å². The Labute approximate surface area is 90.8 Å². The van der Waals surface area contributed by atoms with Gasteiger partial charge in [0.15, 0.2) is 0 Å². The zero-order valence-electron chi connectivity index (χ0n) is 9.32. The lowest BCUT2D eigenvalue weighted by Gasteiger charge is -2.27. The summed E-state index contributed by atoms with van der Waals surface area (Å²) in [4.78, 5) is 0. The van der Waals surface area contributed by atoms with Crippen LogP contribution in [0.3, 0.4) is 0 Å². The van der Waals surface area contributed by atoms with Gasteiger partial charge < -0.3 is 11.1 Å². The molecule has 0 aliphatic heterocycles. The van der Waals surface area contributed by atoms with Crippen LogP contribution in [0.5, 0.6) is 0 Å². The van der Waals surface area contributed by atoms with Crippen LogP contribution < -0.4 is 11.1 Å². The molecular weight excluding hydrogens is 188 g/mol. The number of nitrogens with one attached hydrogen (secondary N) is 1. The molecule has 1 aromatic heterocycles. The second-order valence-corrected chi connectivity index (χ2v) is 4.45. The third-order valence-electron chi connectivity index (χ3n) is 3.21. The van der Waals surface area contributed by atoms with E-state index in [0.29, 0.717) is 12.1 Å². The SMILES string of the molecule is Cn1nccc1CNC1CCCC(N)C1. The maximum atomic E-state index is 5.95. The number of hydrogen-bond donors (Lipinski definition) is 2. The van der Waals surface area contributed by atoms with Crippen LogP contribution in [0.1, 0.15) is 31.4 Å². The van der Waals surface area contributed by atoms with E-state index in [9.17, 15) is 0 Å². The van der Waals surface area contributed by atoms with Crippen LogP contribution in [0.25, 0.3) is 0 Å². The summed E-state index contributed by atoms with van der Waals surface area (Å²) in [5.41, 5.74) is 7.18. The van der Waals surface area contributed by atoms with Gasteiger partial charge in [0.05, 0.1) is 5.69 Å². The molecule has 0 spiro atoms. The molecule has 2 rings (SSSR count). The number of aryl methyl sites for hydroxylation is 1. The van der Waals surface area contributed by atoms with E-state index in [1.165, 1.54) is 25.0 Å². The van der Waals surface area contributed by atoms with Gasteiger partial charge in [-0.05, 0) is 25.3 Å². The summed E-state index contributed by atoms with van der Waals surface area (Å²) >= 11 is 0. The van der Waals surface area contributed by atoms with Crippen molar-refractivity contribution in [3.05, 3.63) is 18.0 Å². The average molecular weight is 208 g/mol. The maximum Gasteiger partial charge on any atom is 0.0518 e. The minimum Gasteiger partial charge on any atom is -0.328 e. The molecule has 0 radical (unpaired) electrons. The summed E-state index contributed by atoms with van der Waals surface area (Å²) in [7, 11) is 1.98. The van der Waals surface area contributed by atoms with Crippen LogP contribution in [0.15, 0.2) is 12.3 Å². The molecule has 0 saturated heterocycles. The van der Waals surface area contributed by atoms with Crippen molar-refractivity contribution in [2.24, 2.45) is 12.8 Å². The fourth-order valence-electron chi connectivity index (χ4n) is 2.24. The molecule has 2 unspecified atom stereocenters. The largest absolute Gasteiger partial charge is 0.328 e. The van der Waals surface area contributed by atoms with Crippen LogP contribution in [0.4, 0.5) is 0 Å². The minimum atomic E-state index is 0.391. The van der Waals surface area contributed by atoms with Crippen molar-refractivity contribution < 1.29 is 0 Å². The lowest BCUT2D eigenvalue weighted by molar-refractivity contribution is 0.336. The lowest BCUT2D eigenvalue weighted by Crippen LogP contribution is -2.39. The highest BCUT2D eigenvalue weighted by Crippen LogP contribution is 2.17. The molecule has 0 aromatic carbocycles. The summed E-state index contributed by atoms with van der Waals surface area (Å²) in [5.74, 6) is 0. The monoisotopic (exact) mass is 208 g/mol. The summed E-state index contributed by atoms with van der Waals surface area (Å²) in [6.07, 6.45) is 6.64. The molecule has 84 valence electrons. The van der Waals surface area contributed by atoms with E-state index in [2.05, 4.69) is 16.5 Å². The molecular formula is C11H20N4. The first-order valence-corrected chi connectivity index (χ1v) is 5.71. The van der Waals surface area contributed by atoms with Gasteiger partial charge in [-0.15, -0.1) is 0 Å². The second-order valence-electron chi connectivity index (χ2n) is 4.45. The maximum absolute atomic E-state index is 5.95. The first kappa shape index (κ1) is 10.6. The summed E-state index contributed by atoms with van der Waals surface area (Å²) < 4.78 is 1.91. The number of nitrogens with two attached hydrogens (primary N) is 1. The van der Waals surface area contributed by atoms with Gasteiger partial charge in [-0.3, -0.25) is 4.68 Å². The van der Waals surface area contributed by atoms with E-state index >= 15 is 0 Å². The van der Waals surface area contributed by atoms with E-state index in [0.717, 1.165) is 13.0 Å². The fourth-order valence-corrected chi connectivity index (χ4v) is 2.24. The summed E-state index contributed by atoms with van der Waals surface area (Å²) in [6, 6.07) is 3.03. The molecule has 1 saturated carbocycles. The summed E-state index contributed by atoms with van der Waals surface area (Å²) in [6.45, 7) is 0.897. The quantitative estimate of drug-likeness (QED) is 0.772. The predicted molar refractivity (Wildman–Crippen MR) is 60.3 cm³/mol. The molecule has 4 nitrogen and oxygen atoms in total. The Hall–Kier alpha value is -0.870. The van der Waals surface area contributed by atoms with Crippen LogP contribution in [0, 0.1) is 0 Å². The third-order valence-corrected chi connectivity index (χ3v) is 3.21. The van der Waals surface area contributed by atoms with E-state index in [1.807, 2.05) is 17.9 Å². The first-order valence-electron chi connectivity index (χ1n) is 5.71. The molecule has 15 heavy (non-hydrogen) atoms. The molecule has 1 aromatic rings. The minimum absolute atomic E-state index is 0.391. The highest BCUT2D eigenvalue weighted by molar-refractivity contribution is 4.99. The number of rotatable bonds is 3. The zero-order valence-corrected chi connectivity index (χ0v) is 9.32. The average Bonchev–Trinajstić information content (AvgIpc) is 2.61. The van der Waals surface area contributed by atoms with Crippen molar-refractivity contribution >= 4 is 0 Å². The topological polar surface area (TPSA) is 55.9 Å². The number of aromatic nitrogens is 2. The Kier molecular flexibility index (Phi) is 3.38. The van der Waals surface area contributed by atoms with Crippen molar-refractivity contribution in [3.63, 3.8) is 0 Å². The van der Waals surface area contributed by atoms with Gasteiger partial charge in [0.25, 0.3) is 0 Å². The van der Waals surface area contributed by atoms with E-state index < -0.39 is 0 Å². The van der Waals surface area contributed by atoms with Crippen LogP contribution >= 0.6 is 0 Å². The Morgan fingerprint density at radius 2 is 2.47 bits per heavy atom. The highest BCUT2D eigenvalue weighted by Gasteiger charge is 2.18. The highest BCUT2D eigenvalue weighted by atomic mass is 15.3. The molecule has 1 aliphatic carbocycles. The second kappa shape index (κ2) is 4.77. The predicted octanol–water partition coefficient (Wildman–Crippen LogP) is 0.780. The van der Waals surface area contributed by atoms with Gasteiger partial charge in [0, 0.05) is 31.9 Å². The molecule has 2 atom stereocenters. The first-order chi connectivity index (χ1) is 7.25. The molecule has 1 fully saturated rings. The Bertz CT molecular complexity index is 307. The normalized spacial score (nSPS) is 26.8. The van der Waals surface area contributed by atoms with Crippen LogP contribution in [-0.2, 0) is 13.6 Å². The van der Waals surface area contributed by atoms with E-state index in [-0.39, 0.29) is 0 Å². The molecule has 1 aliphatic rings. The summed E-state index contributed by atoms with van der Waals surface area (Å²) in [5, 5.41) is 7.70. The smallest absolute Gasteiger partial charge is 0.0518 e. The lowest BCUT2D eigenvalue weighted by atomic mass is 9.91. The van der Waals surface area contributed by atoms with Gasteiger partial charge in [-0.1, -0.05) is 6.42 Å². The standard InChI is InChI=1S/C11H20N4/c1-15-11(5-6-14-15)8-13-10-4-2-3-9(12)7-10/h5-6,9-10,13H,2-4,7-8,12H2,1H3. The van der Waals surface area contributed by atoms with Crippen molar-refractivity contribution in [3.8, 4) is 0 Å². The number of nitrogens with zero attached hydrogens (tertiary/aromatic N) is 2. The Morgan fingerprint density at radius 1 is 1.60 bits per heavy atom. The van der Waals surface area contributed by atoms with Crippen LogP contribution in [0.2, 0.25) is 0 Å². The molecule has 4 heteroatoms.